The Morgan fingerprint density at radius 3 is 2.93 bits per heavy atom. The third-order valence-electron chi connectivity index (χ3n) is 2.98. The van der Waals surface area contributed by atoms with Gasteiger partial charge < -0.3 is 15.2 Å². The van der Waals surface area contributed by atoms with Gasteiger partial charge in [0.2, 0.25) is 0 Å². The Bertz CT molecular complexity index is 196. The maximum Gasteiger partial charge on any atom is 0.303 e. The number of carbonyl (C=O) groups is 1. The first kappa shape index (κ1) is 12.5. The fourth-order valence-corrected chi connectivity index (χ4v) is 2.13. The molecule has 4 nitrogen and oxygen atoms in total. The standard InChI is InChI=1S/C11H21NO3/c1-15-10-6-4-5-9(10)12-8-3-2-7-11(13)14/h9-10,12H,2-8H2,1H3,(H,13,14). The van der Waals surface area contributed by atoms with E-state index in [4.69, 9.17) is 9.84 Å². The van der Waals surface area contributed by atoms with E-state index in [1.54, 1.807) is 7.11 Å². The van der Waals surface area contributed by atoms with E-state index in [0.29, 0.717) is 12.1 Å². The van der Waals surface area contributed by atoms with Gasteiger partial charge in [0.1, 0.15) is 0 Å². The van der Waals surface area contributed by atoms with Crippen LogP contribution >= 0.6 is 0 Å². The Hall–Kier alpha value is -0.610. The number of methoxy groups -OCH3 is 1. The summed E-state index contributed by atoms with van der Waals surface area (Å²) in [6, 6.07) is 0.472. The van der Waals surface area contributed by atoms with E-state index in [1.807, 2.05) is 0 Å². The van der Waals surface area contributed by atoms with Crippen LogP contribution < -0.4 is 5.32 Å². The summed E-state index contributed by atoms with van der Waals surface area (Å²) in [4.78, 5) is 10.3. The Morgan fingerprint density at radius 1 is 1.47 bits per heavy atom. The summed E-state index contributed by atoms with van der Waals surface area (Å²) < 4.78 is 5.36. The van der Waals surface area contributed by atoms with Crippen molar-refractivity contribution in [2.45, 2.75) is 50.7 Å². The minimum Gasteiger partial charge on any atom is -0.481 e. The molecule has 1 aliphatic carbocycles. The van der Waals surface area contributed by atoms with Crippen molar-refractivity contribution in [2.24, 2.45) is 0 Å². The molecule has 0 aromatic rings. The third kappa shape index (κ3) is 4.62. The maximum atomic E-state index is 10.3. The molecule has 4 heteroatoms. The first-order chi connectivity index (χ1) is 7.24. The van der Waals surface area contributed by atoms with E-state index in [-0.39, 0.29) is 6.42 Å². The number of hydrogen-bond acceptors (Lipinski definition) is 3. The molecule has 0 saturated heterocycles. The predicted molar refractivity (Wildman–Crippen MR) is 57.9 cm³/mol. The number of carboxylic acids is 1. The van der Waals surface area contributed by atoms with Gasteiger partial charge in [-0.3, -0.25) is 4.79 Å². The second-order valence-corrected chi connectivity index (χ2v) is 4.12. The number of unbranched alkanes of at least 4 members (excludes halogenated alkanes) is 1. The molecular weight excluding hydrogens is 194 g/mol. The van der Waals surface area contributed by atoms with Crippen LogP contribution in [-0.4, -0.2) is 36.9 Å². The lowest BCUT2D eigenvalue weighted by Crippen LogP contribution is -2.37. The van der Waals surface area contributed by atoms with Gasteiger partial charge in [0.05, 0.1) is 6.10 Å². The summed E-state index contributed by atoms with van der Waals surface area (Å²) in [6.07, 6.45) is 5.86. The molecule has 88 valence electrons. The molecule has 1 aliphatic rings. The van der Waals surface area contributed by atoms with Crippen LogP contribution in [0.15, 0.2) is 0 Å². The second-order valence-electron chi connectivity index (χ2n) is 4.12. The molecule has 1 saturated carbocycles. The SMILES string of the molecule is COC1CCCC1NCCCCC(=O)O. The number of hydrogen-bond donors (Lipinski definition) is 2. The van der Waals surface area contributed by atoms with E-state index >= 15 is 0 Å². The molecule has 2 unspecified atom stereocenters. The monoisotopic (exact) mass is 215 g/mol. The molecular formula is C11H21NO3. The number of rotatable bonds is 7. The Balaban J connectivity index is 2.02. The van der Waals surface area contributed by atoms with Gasteiger partial charge in [-0.15, -0.1) is 0 Å². The molecule has 0 heterocycles. The maximum absolute atomic E-state index is 10.3. The number of aliphatic carboxylic acids is 1. The quantitative estimate of drug-likeness (QED) is 0.630. The van der Waals surface area contributed by atoms with Crippen LogP contribution in [0.4, 0.5) is 0 Å². The largest absolute Gasteiger partial charge is 0.481 e. The minimum atomic E-state index is -0.703. The lowest BCUT2D eigenvalue weighted by Gasteiger charge is -2.19. The molecule has 0 aromatic carbocycles. The van der Waals surface area contributed by atoms with Crippen LogP contribution in [0.2, 0.25) is 0 Å². The zero-order valence-electron chi connectivity index (χ0n) is 9.37. The number of ether oxygens (including phenoxy) is 1. The highest BCUT2D eigenvalue weighted by Gasteiger charge is 2.25. The Labute approximate surface area is 91.0 Å². The lowest BCUT2D eigenvalue weighted by molar-refractivity contribution is -0.137. The van der Waals surface area contributed by atoms with Crippen molar-refractivity contribution in [3.05, 3.63) is 0 Å². The fourth-order valence-electron chi connectivity index (χ4n) is 2.13. The molecule has 15 heavy (non-hydrogen) atoms. The predicted octanol–water partition coefficient (Wildman–Crippen LogP) is 1.40. The van der Waals surface area contributed by atoms with E-state index in [2.05, 4.69) is 5.32 Å². The zero-order chi connectivity index (χ0) is 11.1. The first-order valence-electron chi connectivity index (χ1n) is 5.72. The van der Waals surface area contributed by atoms with Crippen molar-refractivity contribution < 1.29 is 14.6 Å². The van der Waals surface area contributed by atoms with Crippen molar-refractivity contribution in [3.8, 4) is 0 Å². The molecule has 0 spiro atoms. The zero-order valence-corrected chi connectivity index (χ0v) is 9.37. The normalized spacial score (nSPS) is 25.7. The molecule has 0 bridgehead atoms. The van der Waals surface area contributed by atoms with Crippen molar-refractivity contribution in [1.29, 1.82) is 0 Å². The van der Waals surface area contributed by atoms with E-state index in [9.17, 15) is 4.79 Å². The molecule has 1 rings (SSSR count). The van der Waals surface area contributed by atoms with Crippen LogP contribution in [-0.2, 0) is 9.53 Å². The van der Waals surface area contributed by atoms with Crippen LogP contribution in [0.1, 0.15) is 38.5 Å². The number of carboxylic acid groups (broad SMARTS) is 1. The van der Waals surface area contributed by atoms with Gasteiger partial charge in [0.15, 0.2) is 0 Å². The van der Waals surface area contributed by atoms with E-state index in [0.717, 1.165) is 25.8 Å². The molecule has 0 amide bonds. The highest BCUT2D eigenvalue weighted by Crippen LogP contribution is 2.21. The van der Waals surface area contributed by atoms with Gasteiger partial charge in [-0.25, -0.2) is 0 Å². The van der Waals surface area contributed by atoms with E-state index < -0.39 is 5.97 Å². The van der Waals surface area contributed by atoms with Gasteiger partial charge >= 0.3 is 5.97 Å². The Kier molecular flexibility index (Phi) is 5.65. The molecule has 0 aliphatic heterocycles. The van der Waals surface area contributed by atoms with Crippen LogP contribution in [0.5, 0.6) is 0 Å². The van der Waals surface area contributed by atoms with Crippen molar-refractivity contribution in [2.75, 3.05) is 13.7 Å². The molecule has 2 N–H and O–H groups in total. The first-order valence-corrected chi connectivity index (χ1v) is 5.72. The summed E-state index contributed by atoms with van der Waals surface area (Å²) in [7, 11) is 1.76. The van der Waals surface area contributed by atoms with Crippen LogP contribution in [0.3, 0.4) is 0 Å². The molecule has 0 radical (unpaired) electrons. The average molecular weight is 215 g/mol. The summed E-state index contributed by atoms with van der Waals surface area (Å²) in [5.74, 6) is -0.703. The summed E-state index contributed by atoms with van der Waals surface area (Å²) in [5.41, 5.74) is 0. The fraction of sp³-hybridized carbons (Fsp3) is 0.909. The van der Waals surface area contributed by atoms with Gasteiger partial charge in [-0.05, 0) is 38.6 Å². The summed E-state index contributed by atoms with van der Waals surface area (Å²) in [6.45, 7) is 0.901. The van der Waals surface area contributed by atoms with E-state index in [1.165, 1.54) is 12.8 Å². The van der Waals surface area contributed by atoms with Gasteiger partial charge in [-0.2, -0.15) is 0 Å². The van der Waals surface area contributed by atoms with Crippen molar-refractivity contribution in [3.63, 3.8) is 0 Å². The second kappa shape index (κ2) is 6.80. The van der Waals surface area contributed by atoms with Gasteiger partial charge in [0, 0.05) is 19.6 Å². The van der Waals surface area contributed by atoms with Crippen LogP contribution in [0.25, 0.3) is 0 Å². The number of nitrogens with one attached hydrogen (secondary N) is 1. The molecule has 2 atom stereocenters. The summed E-state index contributed by atoms with van der Waals surface area (Å²) in [5, 5.41) is 11.9. The molecule has 1 fully saturated rings. The summed E-state index contributed by atoms with van der Waals surface area (Å²) >= 11 is 0. The lowest BCUT2D eigenvalue weighted by atomic mass is 10.2. The highest BCUT2D eigenvalue weighted by molar-refractivity contribution is 5.66. The van der Waals surface area contributed by atoms with Crippen LogP contribution in [0, 0.1) is 0 Å². The van der Waals surface area contributed by atoms with Crippen molar-refractivity contribution >= 4 is 5.97 Å². The molecule has 0 aromatic heterocycles. The highest BCUT2D eigenvalue weighted by atomic mass is 16.5. The minimum absolute atomic E-state index is 0.278. The van der Waals surface area contributed by atoms with Gasteiger partial charge in [0.25, 0.3) is 0 Å². The Morgan fingerprint density at radius 2 is 2.27 bits per heavy atom. The topological polar surface area (TPSA) is 58.6 Å². The third-order valence-corrected chi connectivity index (χ3v) is 2.98. The van der Waals surface area contributed by atoms with Gasteiger partial charge in [-0.1, -0.05) is 0 Å². The van der Waals surface area contributed by atoms with Crippen molar-refractivity contribution in [1.82, 2.24) is 5.32 Å². The average Bonchev–Trinajstić information content (AvgIpc) is 2.64. The smallest absolute Gasteiger partial charge is 0.303 e.